The zero-order chi connectivity index (χ0) is 16.6. The van der Waals surface area contributed by atoms with E-state index in [2.05, 4.69) is 0 Å². The maximum absolute atomic E-state index is 12.9. The van der Waals surface area contributed by atoms with E-state index in [1.807, 2.05) is 0 Å². The Morgan fingerprint density at radius 1 is 1.13 bits per heavy atom. The molecule has 0 aromatic heterocycles. The van der Waals surface area contributed by atoms with Gasteiger partial charge in [-0.3, -0.25) is 4.79 Å². The van der Waals surface area contributed by atoms with Crippen molar-refractivity contribution < 1.29 is 22.7 Å². The molecule has 23 heavy (non-hydrogen) atoms. The lowest BCUT2D eigenvalue weighted by molar-refractivity contribution is -0.137. The molecule has 0 N–H and O–H groups in total. The van der Waals surface area contributed by atoms with Gasteiger partial charge in [0.15, 0.2) is 0 Å². The molecule has 0 bridgehead atoms. The maximum atomic E-state index is 12.9. The minimum Gasteiger partial charge on any atom is -0.497 e. The second kappa shape index (κ2) is 5.61. The van der Waals surface area contributed by atoms with Crippen molar-refractivity contribution in [1.82, 2.24) is 0 Å². The summed E-state index contributed by atoms with van der Waals surface area (Å²) in [7, 11) is 1.55. The third-order valence-electron chi connectivity index (χ3n) is 3.85. The van der Waals surface area contributed by atoms with Gasteiger partial charge in [0.1, 0.15) is 5.75 Å². The lowest BCUT2D eigenvalue weighted by atomic mass is 10.1. The first kappa shape index (κ1) is 15.4. The molecule has 3 rings (SSSR count). The molecule has 0 radical (unpaired) electrons. The first-order valence-electron chi connectivity index (χ1n) is 7.02. The van der Waals surface area contributed by atoms with Crippen LogP contribution in [0.4, 0.5) is 18.9 Å². The molecule has 120 valence electrons. The van der Waals surface area contributed by atoms with Gasteiger partial charge in [0.25, 0.3) is 0 Å². The van der Waals surface area contributed by atoms with Gasteiger partial charge in [-0.25, -0.2) is 0 Å². The molecule has 0 saturated heterocycles. The topological polar surface area (TPSA) is 29.5 Å². The van der Waals surface area contributed by atoms with Crippen molar-refractivity contribution in [3.8, 4) is 5.75 Å². The molecule has 6 heteroatoms. The van der Waals surface area contributed by atoms with Crippen LogP contribution in [0.25, 0.3) is 0 Å². The number of hydrogen-bond acceptors (Lipinski definition) is 2. The van der Waals surface area contributed by atoms with Gasteiger partial charge in [0.05, 0.1) is 25.6 Å². The molecule has 2 aromatic rings. The van der Waals surface area contributed by atoms with Gasteiger partial charge < -0.3 is 9.64 Å². The first-order valence-corrected chi connectivity index (χ1v) is 7.02. The van der Waals surface area contributed by atoms with Crippen LogP contribution in [0.1, 0.15) is 16.7 Å². The standard InChI is InChI=1S/C17H14F3NO2/c1-23-14-6-2-11(3-7-14)10-21-15-9-13(17(18,19)20)5-4-12(15)8-16(21)22/h2-7,9H,8,10H2,1H3. The third-order valence-corrected chi connectivity index (χ3v) is 3.85. The number of ether oxygens (including phenoxy) is 1. The van der Waals surface area contributed by atoms with E-state index in [0.717, 1.165) is 17.7 Å². The molecule has 3 nitrogen and oxygen atoms in total. The molecule has 1 heterocycles. The maximum Gasteiger partial charge on any atom is 0.416 e. The molecular weight excluding hydrogens is 307 g/mol. The van der Waals surface area contributed by atoms with E-state index in [1.165, 1.54) is 11.0 Å². The number of nitrogens with zero attached hydrogens (tertiary/aromatic N) is 1. The van der Waals surface area contributed by atoms with E-state index in [-0.39, 0.29) is 18.9 Å². The third kappa shape index (κ3) is 3.02. The number of hydrogen-bond donors (Lipinski definition) is 0. The molecule has 1 aliphatic rings. The zero-order valence-electron chi connectivity index (χ0n) is 12.4. The summed E-state index contributed by atoms with van der Waals surface area (Å²) in [4.78, 5) is 13.5. The van der Waals surface area contributed by atoms with Crippen LogP contribution in [0.3, 0.4) is 0 Å². The minimum absolute atomic E-state index is 0.129. The van der Waals surface area contributed by atoms with Crippen LogP contribution in [0.2, 0.25) is 0 Å². The molecule has 0 aliphatic carbocycles. The minimum atomic E-state index is -4.42. The second-order valence-corrected chi connectivity index (χ2v) is 5.35. The Balaban J connectivity index is 1.90. The fourth-order valence-electron chi connectivity index (χ4n) is 2.62. The monoisotopic (exact) mass is 321 g/mol. The van der Waals surface area contributed by atoms with Gasteiger partial charge in [0, 0.05) is 5.69 Å². The summed E-state index contributed by atoms with van der Waals surface area (Å²) in [5.41, 5.74) is 1.03. The predicted octanol–water partition coefficient (Wildman–Crippen LogP) is 3.80. The highest BCUT2D eigenvalue weighted by atomic mass is 19.4. The summed E-state index contributed by atoms with van der Waals surface area (Å²) in [5.74, 6) is 0.483. The van der Waals surface area contributed by atoms with Gasteiger partial charge >= 0.3 is 6.18 Å². The van der Waals surface area contributed by atoms with Crippen molar-refractivity contribution in [2.75, 3.05) is 12.0 Å². The lowest BCUT2D eigenvalue weighted by Gasteiger charge is -2.19. The predicted molar refractivity (Wildman–Crippen MR) is 79.3 cm³/mol. The molecule has 1 amide bonds. The molecule has 0 fully saturated rings. The molecule has 0 atom stereocenters. The van der Waals surface area contributed by atoms with Crippen LogP contribution in [0.15, 0.2) is 42.5 Å². The largest absolute Gasteiger partial charge is 0.497 e. The number of amides is 1. The van der Waals surface area contributed by atoms with Crippen LogP contribution in [0, 0.1) is 0 Å². The number of carbonyl (C=O) groups is 1. The Bertz CT molecular complexity index is 738. The Morgan fingerprint density at radius 3 is 2.43 bits per heavy atom. The van der Waals surface area contributed by atoms with Gasteiger partial charge in [-0.2, -0.15) is 13.2 Å². The summed E-state index contributed by atoms with van der Waals surface area (Å²) < 4.78 is 43.7. The Labute approximate surface area is 131 Å². The number of benzene rings is 2. The number of alkyl halides is 3. The van der Waals surface area contributed by atoms with Gasteiger partial charge in [-0.05, 0) is 35.4 Å². The Morgan fingerprint density at radius 2 is 1.83 bits per heavy atom. The highest BCUT2D eigenvalue weighted by Gasteiger charge is 2.34. The average Bonchev–Trinajstić information content (AvgIpc) is 2.82. The highest BCUT2D eigenvalue weighted by molar-refractivity contribution is 6.01. The summed E-state index contributed by atoms with van der Waals surface area (Å²) in [6.07, 6.45) is -4.30. The summed E-state index contributed by atoms with van der Waals surface area (Å²) >= 11 is 0. The summed E-state index contributed by atoms with van der Waals surface area (Å²) in [6, 6.07) is 10.5. The molecule has 0 unspecified atom stereocenters. The van der Waals surface area contributed by atoms with Crippen LogP contribution in [0.5, 0.6) is 5.75 Å². The average molecular weight is 321 g/mol. The number of methoxy groups -OCH3 is 1. The van der Waals surface area contributed by atoms with Crippen molar-refractivity contribution in [3.05, 3.63) is 59.2 Å². The van der Waals surface area contributed by atoms with Crippen LogP contribution in [-0.4, -0.2) is 13.0 Å². The van der Waals surface area contributed by atoms with Crippen LogP contribution < -0.4 is 9.64 Å². The van der Waals surface area contributed by atoms with Crippen molar-refractivity contribution in [1.29, 1.82) is 0 Å². The fraction of sp³-hybridized carbons (Fsp3) is 0.235. The van der Waals surface area contributed by atoms with Gasteiger partial charge in [-0.15, -0.1) is 0 Å². The van der Waals surface area contributed by atoms with E-state index in [4.69, 9.17) is 4.74 Å². The number of fused-ring (bicyclic) bond motifs is 1. The van der Waals surface area contributed by atoms with E-state index in [0.29, 0.717) is 17.0 Å². The number of anilines is 1. The molecule has 0 saturated carbocycles. The number of rotatable bonds is 3. The van der Waals surface area contributed by atoms with E-state index >= 15 is 0 Å². The van der Waals surface area contributed by atoms with Crippen molar-refractivity contribution >= 4 is 11.6 Å². The van der Waals surface area contributed by atoms with Crippen molar-refractivity contribution in [2.45, 2.75) is 19.1 Å². The zero-order valence-corrected chi connectivity index (χ0v) is 12.4. The smallest absolute Gasteiger partial charge is 0.416 e. The van der Waals surface area contributed by atoms with Crippen molar-refractivity contribution in [3.63, 3.8) is 0 Å². The van der Waals surface area contributed by atoms with E-state index in [1.54, 1.807) is 31.4 Å². The molecule has 2 aromatic carbocycles. The summed E-state index contributed by atoms with van der Waals surface area (Å²) in [6.45, 7) is 0.233. The van der Waals surface area contributed by atoms with Crippen molar-refractivity contribution in [2.24, 2.45) is 0 Å². The lowest BCUT2D eigenvalue weighted by Crippen LogP contribution is -2.26. The van der Waals surface area contributed by atoms with Gasteiger partial charge in [0.2, 0.25) is 5.91 Å². The normalized spacial score (nSPS) is 14.1. The first-order chi connectivity index (χ1) is 10.9. The van der Waals surface area contributed by atoms with Crippen LogP contribution in [-0.2, 0) is 23.9 Å². The van der Waals surface area contributed by atoms with Crippen LogP contribution >= 0.6 is 0 Å². The quantitative estimate of drug-likeness (QED) is 0.860. The molecular formula is C17H14F3NO2. The summed E-state index contributed by atoms with van der Waals surface area (Å²) in [5, 5.41) is 0. The second-order valence-electron chi connectivity index (χ2n) is 5.35. The highest BCUT2D eigenvalue weighted by Crippen LogP contribution is 2.37. The molecule has 0 spiro atoms. The Hall–Kier alpha value is -2.50. The van der Waals surface area contributed by atoms with E-state index < -0.39 is 11.7 Å². The Kier molecular flexibility index (Phi) is 3.75. The number of halogens is 3. The molecule has 1 aliphatic heterocycles. The fourth-order valence-corrected chi connectivity index (χ4v) is 2.62. The van der Waals surface area contributed by atoms with E-state index in [9.17, 15) is 18.0 Å². The number of carbonyl (C=O) groups excluding carboxylic acids is 1. The van der Waals surface area contributed by atoms with Gasteiger partial charge in [-0.1, -0.05) is 18.2 Å². The SMILES string of the molecule is COc1ccc(CN2C(=O)Cc3ccc(C(F)(F)F)cc32)cc1.